The van der Waals surface area contributed by atoms with Gasteiger partial charge in [-0.3, -0.25) is 0 Å². The summed E-state index contributed by atoms with van der Waals surface area (Å²) in [6, 6.07) is 13.1. The number of nitriles is 1. The van der Waals surface area contributed by atoms with Crippen molar-refractivity contribution in [3.8, 4) is 6.07 Å². The zero-order valence-electron chi connectivity index (χ0n) is 13.5. The second-order valence-corrected chi connectivity index (χ2v) is 7.95. The average Bonchev–Trinajstić information content (AvgIpc) is 2.62. The minimum absolute atomic E-state index is 0.0332. The largest absolute Gasteiger partial charge is 0.422 e. The molecule has 1 atom stereocenters. The van der Waals surface area contributed by atoms with Gasteiger partial charge in [0.2, 0.25) is 0 Å². The predicted molar refractivity (Wildman–Crippen MR) is 102 cm³/mol. The quantitative estimate of drug-likeness (QED) is 0.352. The van der Waals surface area contributed by atoms with Gasteiger partial charge in [-0.2, -0.15) is 18.4 Å². The molecule has 0 spiro atoms. The van der Waals surface area contributed by atoms with Gasteiger partial charge in [0.15, 0.2) is 5.76 Å². The Hall–Kier alpha value is -1.88. The minimum atomic E-state index is -4.60. The van der Waals surface area contributed by atoms with Crippen LogP contribution in [0, 0.1) is 11.3 Å². The maximum atomic E-state index is 13.4. The van der Waals surface area contributed by atoms with Crippen LogP contribution in [0.3, 0.4) is 0 Å². The Balaban J connectivity index is 2.77. The van der Waals surface area contributed by atoms with E-state index in [1.54, 1.807) is 31.2 Å². The fourth-order valence-electron chi connectivity index (χ4n) is 2.16. The SMILES string of the molecule is CCS(=S)OC(=C(C#N)c1ccc(Cl)cc1)c1ccccc1C(F)(F)F. The molecule has 0 saturated heterocycles. The van der Waals surface area contributed by atoms with Gasteiger partial charge < -0.3 is 4.18 Å². The van der Waals surface area contributed by atoms with Crippen LogP contribution in [0.4, 0.5) is 13.2 Å². The number of halogens is 4. The second kappa shape index (κ2) is 8.67. The smallest absolute Gasteiger partial charge is 0.417 e. The topological polar surface area (TPSA) is 33.0 Å². The first kappa shape index (κ1) is 20.4. The molecule has 8 heteroatoms. The van der Waals surface area contributed by atoms with Crippen LogP contribution in [-0.4, -0.2) is 5.75 Å². The van der Waals surface area contributed by atoms with E-state index in [1.165, 1.54) is 18.2 Å². The number of allylic oxidation sites excluding steroid dienone is 1. The molecule has 0 saturated carbocycles. The van der Waals surface area contributed by atoms with Crippen LogP contribution in [-0.2, 0) is 31.3 Å². The van der Waals surface area contributed by atoms with Gasteiger partial charge in [0.25, 0.3) is 0 Å². The summed E-state index contributed by atoms with van der Waals surface area (Å²) >= 11 is 11.0. The maximum Gasteiger partial charge on any atom is 0.417 e. The molecule has 2 aromatic carbocycles. The van der Waals surface area contributed by atoms with Gasteiger partial charge in [0.1, 0.15) is 11.6 Å². The first-order valence-corrected chi connectivity index (χ1v) is 10.0. The van der Waals surface area contributed by atoms with Crippen molar-refractivity contribution in [3.05, 3.63) is 70.2 Å². The van der Waals surface area contributed by atoms with E-state index in [9.17, 15) is 18.4 Å². The average molecular weight is 416 g/mol. The van der Waals surface area contributed by atoms with Crippen molar-refractivity contribution in [2.75, 3.05) is 5.75 Å². The van der Waals surface area contributed by atoms with Crippen molar-refractivity contribution < 1.29 is 17.4 Å². The number of alkyl halides is 3. The van der Waals surface area contributed by atoms with Gasteiger partial charge in [-0.15, -0.1) is 0 Å². The van der Waals surface area contributed by atoms with Gasteiger partial charge in [-0.1, -0.05) is 48.9 Å². The summed E-state index contributed by atoms with van der Waals surface area (Å²) in [5.41, 5.74) is -0.747. The molecule has 1 unspecified atom stereocenters. The highest BCUT2D eigenvalue weighted by Gasteiger charge is 2.35. The van der Waals surface area contributed by atoms with Gasteiger partial charge in [-0.25, -0.2) is 0 Å². The standard InChI is InChI=1S/C18H13ClF3NOS2/c1-2-26(25)24-17(14-5-3-4-6-16(14)18(20,21)22)15(11-23)12-7-9-13(19)10-8-12/h3-10H,2H2,1H3. The number of hydrogen-bond donors (Lipinski definition) is 0. The van der Waals surface area contributed by atoms with E-state index in [4.69, 9.17) is 27.0 Å². The van der Waals surface area contributed by atoms with Crippen molar-refractivity contribution in [1.29, 1.82) is 5.26 Å². The Morgan fingerprint density at radius 3 is 2.35 bits per heavy atom. The highest BCUT2D eigenvalue weighted by atomic mass is 35.5. The highest BCUT2D eigenvalue weighted by Crippen LogP contribution is 2.38. The lowest BCUT2D eigenvalue weighted by Crippen LogP contribution is -2.11. The van der Waals surface area contributed by atoms with Crippen LogP contribution in [0.2, 0.25) is 5.02 Å². The van der Waals surface area contributed by atoms with Gasteiger partial charge >= 0.3 is 6.18 Å². The Labute approximate surface area is 161 Å². The fourth-order valence-corrected chi connectivity index (χ4v) is 2.97. The normalized spacial score (nSPS) is 13.5. The van der Waals surface area contributed by atoms with Crippen molar-refractivity contribution >= 4 is 43.9 Å². The summed E-state index contributed by atoms with van der Waals surface area (Å²) in [6.45, 7) is 1.76. The van der Waals surface area contributed by atoms with E-state index in [1.807, 2.05) is 6.07 Å². The van der Waals surface area contributed by atoms with Crippen molar-refractivity contribution in [2.24, 2.45) is 0 Å². The summed E-state index contributed by atoms with van der Waals surface area (Å²) in [6.07, 6.45) is -4.60. The van der Waals surface area contributed by atoms with Crippen LogP contribution in [0.15, 0.2) is 48.5 Å². The molecular formula is C18H13ClF3NOS2. The van der Waals surface area contributed by atoms with Crippen molar-refractivity contribution in [2.45, 2.75) is 13.1 Å². The third-order valence-corrected chi connectivity index (χ3v) is 5.35. The molecule has 0 amide bonds. The first-order chi connectivity index (χ1) is 12.3. The molecule has 0 bridgehead atoms. The van der Waals surface area contributed by atoms with E-state index < -0.39 is 21.5 Å². The molecule has 0 fully saturated rings. The summed E-state index contributed by atoms with van der Waals surface area (Å²) in [4.78, 5) is 0. The van der Waals surface area contributed by atoms with Crippen LogP contribution in [0.5, 0.6) is 0 Å². The Morgan fingerprint density at radius 1 is 1.19 bits per heavy atom. The number of benzene rings is 2. The Kier molecular flexibility index (Phi) is 6.81. The third-order valence-electron chi connectivity index (χ3n) is 3.36. The molecule has 0 N–H and O–H groups in total. The Morgan fingerprint density at radius 2 is 1.81 bits per heavy atom. The summed E-state index contributed by atoms with van der Waals surface area (Å²) in [5, 5.41) is 10.1. The molecule has 2 rings (SSSR count). The van der Waals surface area contributed by atoms with Crippen molar-refractivity contribution in [3.63, 3.8) is 0 Å². The molecular weight excluding hydrogens is 403 g/mol. The molecule has 0 aliphatic carbocycles. The van der Waals surface area contributed by atoms with Crippen LogP contribution in [0.25, 0.3) is 11.3 Å². The molecule has 26 heavy (non-hydrogen) atoms. The zero-order valence-corrected chi connectivity index (χ0v) is 15.9. The molecule has 0 aromatic heterocycles. The zero-order chi connectivity index (χ0) is 19.3. The fraction of sp³-hybridized carbons (Fsp3) is 0.167. The van der Waals surface area contributed by atoms with Crippen LogP contribution >= 0.6 is 11.6 Å². The molecule has 2 aromatic rings. The molecule has 0 radical (unpaired) electrons. The van der Waals surface area contributed by atoms with Gasteiger partial charge in [0, 0.05) is 16.3 Å². The van der Waals surface area contributed by atoms with Crippen LogP contribution in [0.1, 0.15) is 23.6 Å². The third kappa shape index (κ3) is 4.85. The molecule has 136 valence electrons. The van der Waals surface area contributed by atoms with E-state index in [0.717, 1.165) is 6.07 Å². The molecule has 0 aliphatic rings. The summed E-state index contributed by atoms with van der Waals surface area (Å²) in [5.74, 6) is 0.245. The van der Waals surface area contributed by atoms with Crippen LogP contribution < -0.4 is 0 Å². The van der Waals surface area contributed by atoms with Gasteiger partial charge in [0.05, 0.1) is 15.3 Å². The van der Waals surface area contributed by atoms with E-state index in [-0.39, 0.29) is 16.9 Å². The second-order valence-electron chi connectivity index (χ2n) is 5.04. The van der Waals surface area contributed by atoms with E-state index in [2.05, 4.69) is 0 Å². The first-order valence-electron chi connectivity index (χ1n) is 7.41. The highest BCUT2D eigenvalue weighted by molar-refractivity contribution is 8.26. The minimum Gasteiger partial charge on any atom is -0.422 e. The lowest BCUT2D eigenvalue weighted by molar-refractivity contribution is -0.137. The molecule has 0 aliphatic heterocycles. The lowest BCUT2D eigenvalue weighted by Gasteiger charge is -2.18. The number of nitrogens with zero attached hydrogens (tertiary/aromatic N) is 1. The lowest BCUT2D eigenvalue weighted by atomic mass is 9.98. The maximum absolute atomic E-state index is 13.4. The van der Waals surface area contributed by atoms with E-state index >= 15 is 0 Å². The van der Waals surface area contributed by atoms with E-state index in [0.29, 0.717) is 16.3 Å². The predicted octanol–water partition coefficient (Wildman–Crippen LogP) is 5.78. The van der Waals surface area contributed by atoms with Gasteiger partial charge in [-0.05, 0) is 35.0 Å². The molecule has 0 heterocycles. The number of rotatable bonds is 5. The monoisotopic (exact) mass is 415 g/mol. The Bertz CT molecular complexity index is 887. The summed E-state index contributed by atoms with van der Waals surface area (Å²) < 4.78 is 46.0. The summed E-state index contributed by atoms with van der Waals surface area (Å²) in [7, 11) is -1.06. The number of hydrogen-bond acceptors (Lipinski definition) is 3. The van der Waals surface area contributed by atoms with Crippen molar-refractivity contribution in [1.82, 2.24) is 0 Å². The molecule has 2 nitrogen and oxygen atoms in total.